The van der Waals surface area contributed by atoms with E-state index in [0.29, 0.717) is 17.1 Å². The lowest BCUT2D eigenvalue weighted by molar-refractivity contribution is 0.514. The predicted molar refractivity (Wildman–Crippen MR) is 105 cm³/mol. The van der Waals surface area contributed by atoms with Crippen LogP contribution in [0.3, 0.4) is 0 Å². The lowest BCUT2D eigenvalue weighted by Gasteiger charge is -2.11. The van der Waals surface area contributed by atoms with Crippen LogP contribution in [0.2, 0.25) is 0 Å². The highest BCUT2D eigenvalue weighted by Crippen LogP contribution is 2.29. The maximum Gasteiger partial charge on any atom is 0.265 e. The molecule has 0 spiro atoms. The molecule has 3 rings (SSSR count). The highest BCUT2D eigenvalue weighted by molar-refractivity contribution is 9.10. The number of aryl methyl sites for hydroxylation is 1. The number of aromatic nitrogens is 2. The maximum absolute atomic E-state index is 12.9. The zero-order chi connectivity index (χ0) is 18.4. The summed E-state index contributed by atoms with van der Waals surface area (Å²) in [5.74, 6) is 0. The second-order valence-electron chi connectivity index (χ2n) is 6.32. The van der Waals surface area contributed by atoms with Gasteiger partial charge < -0.3 is 0 Å². The minimum Gasteiger partial charge on any atom is -0.279 e. The summed E-state index contributed by atoms with van der Waals surface area (Å²) in [5.41, 5.74) is 1.67. The molecule has 2 aromatic carbocycles. The van der Waals surface area contributed by atoms with E-state index in [9.17, 15) is 8.42 Å². The first kappa shape index (κ1) is 17.9. The highest BCUT2D eigenvalue weighted by Gasteiger charge is 2.25. The van der Waals surface area contributed by atoms with Crippen LogP contribution in [0.4, 0.5) is 5.69 Å². The van der Waals surface area contributed by atoms with Crippen molar-refractivity contribution in [1.82, 2.24) is 9.78 Å². The average molecular weight is 422 g/mol. The van der Waals surface area contributed by atoms with E-state index in [1.165, 1.54) is 0 Å². The van der Waals surface area contributed by atoms with Crippen molar-refractivity contribution in [3.8, 4) is 0 Å². The standard InChI is InChI=1S/C18H20BrN3O2S/c1-11(2)22-13(4)18(12(3)20-22)25(23,24)21-15-8-9-16-14(10-15)6-5-7-17(16)19/h5-11,21H,1-4H3. The topological polar surface area (TPSA) is 64.0 Å². The SMILES string of the molecule is Cc1nn(C(C)C)c(C)c1S(=O)(=O)Nc1ccc2c(Br)cccc2c1. The van der Waals surface area contributed by atoms with Crippen molar-refractivity contribution in [3.05, 3.63) is 52.3 Å². The zero-order valence-corrected chi connectivity index (χ0v) is 16.9. The van der Waals surface area contributed by atoms with Gasteiger partial charge in [-0.05, 0) is 56.7 Å². The van der Waals surface area contributed by atoms with Gasteiger partial charge in [0.25, 0.3) is 10.0 Å². The Kier molecular flexibility index (Phi) is 4.64. The minimum atomic E-state index is -3.71. The molecule has 0 saturated carbocycles. The molecule has 3 aromatic rings. The third kappa shape index (κ3) is 3.30. The molecule has 132 valence electrons. The van der Waals surface area contributed by atoms with Crippen LogP contribution in [0, 0.1) is 13.8 Å². The number of fused-ring (bicyclic) bond motifs is 1. The Balaban J connectivity index is 2.03. The van der Waals surface area contributed by atoms with Crippen molar-refractivity contribution in [2.45, 2.75) is 38.6 Å². The molecule has 0 fully saturated rings. The summed E-state index contributed by atoms with van der Waals surface area (Å²) in [6.45, 7) is 7.46. The number of hydrogen-bond donors (Lipinski definition) is 1. The van der Waals surface area contributed by atoms with Gasteiger partial charge in [0.1, 0.15) is 4.90 Å². The summed E-state index contributed by atoms with van der Waals surface area (Å²) in [6, 6.07) is 11.4. The van der Waals surface area contributed by atoms with Crippen molar-refractivity contribution in [2.75, 3.05) is 4.72 Å². The molecule has 0 radical (unpaired) electrons. The number of nitrogens with zero attached hydrogens (tertiary/aromatic N) is 2. The number of sulfonamides is 1. The van der Waals surface area contributed by atoms with Gasteiger partial charge in [-0.15, -0.1) is 0 Å². The van der Waals surface area contributed by atoms with Crippen LogP contribution in [-0.4, -0.2) is 18.2 Å². The molecule has 0 amide bonds. The summed E-state index contributed by atoms with van der Waals surface area (Å²) in [7, 11) is -3.71. The lowest BCUT2D eigenvalue weighted by Crippen LogP contribution is -2.15. The smallest absolute Gasteiger partial charge is 0.265 e. The van der Waals surface area contributed by atoms with Gasteiger partial charge in [-0.1, -0.05) is 34.1 Å². The van der Waals surface area contributed by atoms with Crippen molar-refractivity contribution < 1.29 is 8.42 Å². The molecule has 1 aromatic heterocycles. The first-order valence-corrected chi connectivity index (χ1v) is 10.2. The number of benzene rings is 2. The Hall–Kier alpha value is -1.86. The molecule has 0 aliphatic carbocycles. The minimum absolute atomic E-state index is 0.0978. The van der Waals surface area contributed by atoms with Gasteiger partial charge in [0, 0.05) is 16.2 Å². The van der Waals surface area contributed by atoms with E-state index in [0.717, 1.165) is 15.2 Å². The molecular weight excluding hydrogens is 402 g/mol. The van der Waals surface area contributed by atoms with Crippen molar-refractivity contribution in [2.24, 2.45) is 0 Å². The first-order chi connectivity index (χ1) is 11.7. The van der Waals surface area contributed by atoms with Crippen LogP contribution < -0.4 is 4.72 Å². The number of rotatable bonds is 4. The second-order valence-corrected chi connectivity index (χ2v) is 8.79. The fraction of sp³-hybridized carbons (Fsp3) is 0.278. The Morgan fingerprint density at radius 3 is 2.52 bits per heavy atom. The Morgan fingerprint density at radius 2 is 1.88 bits per heavy atom. The second kappa shape index (κ2) is 6.46. The molecule has 0 aliphatic rings. The number of anilines is 1. The van der Waals surface area contributed by atoms with E-state index in [2.05, 4.69) is 25.8 Å². The monoisotopic (exact) mass is 421 g/mol. The van der Waals surface area contributed by atoms with Crippen molar-refractivity contribution in [1.29, 1.82) is 0 Å². The van der Waals surface area contributed by atoms with E-state index in [1.807, 2.05) is 44.2 Å². The summed E-state index contributed by atoms with van der Waals surface area (Å²) in [6.07, 6.45) is 0. The summed E-state index contributed by atoms with van der Waals surface area (Å²) in [5, 5.41) is 6.36. The van der Waals surface area contributed by atoms with Gasteiger partial charge in [-0.25, -0.2) is 8.42 Å². The molecule has 7 heteroatoms. The molecule has 0 aliphatic heterocycles. The van der Waals surface area contributed by atoms with E-state index < -0.39 is 10.0 Å². The molecule has 1 N–H and O–H groups in total. The van der Waals surface area contributed by atoms with Gasteiger partial charge in [-0.2, -0.15) is 5.10 Å². The Morgan fingerprint density at radius 1 is 1.16 bits per heavy atom. The normalized spacial score (nSPS) is 12.1. The van der Waals surface area contributed by atoms with E-state index in [4.69, 9.17) is 0 Å². The molecule has 5 nitrogen and oxygen atoms in total. The molecule has 1 heterocycles. The van der Waals surface area contributed by atoms with Gasteiger partial charge in [0.05, 0.1) is 11.4 Å². The van der Waals surface area contributed by atoms with Crippen molar-refractivity contribution in [3.63, 3.8) is 0 Å². The van der Waals surface area contributed by atoms with Gasteiger partial charge in [0.15, 0.2) is 0 Å². The first-order valence-electron chi connectivity index (χ1n) is 7.97. The molecule has 0 saturated heterocycles. The van der Waals surface area contributed by atoms with E-state index in [1.54, 1.807) is 24.6 Å². The summed E-state index contributed by atoms with van der Waals surface area (Å²) >= 11 is 3.51. The maximum atomic E-state index is 12.9. The molecule has 0 bridgehead atoms. The summed E-state index contributed by atoms with van der Waals surface area (Å²) in [4.78, 5) is 0.246. The molecule has 0 unspecified atom stereocenters. The van der Waals surface area contributed by atoms with Crippen LogP contribution in [0.5, 0.6) is 0 Å². The fourth-order valence-electron chi connectivity index (χ4n) is 3.05. The number of nitrogens with one attached hydrogen (secondary N) is 1. The van der Waals surface area contributed by atoms with Crippen LogP contribution in [0.25, 0.3) is 10.8 Å². The molecule has 0 atom stereocenters. The molecule has 25 heavy (non-hydrogen) atoms. The average Bonchev–Trinajstić information content (AvgIpc) is 2.82. The number of halogens is 1. The van der Waals surface area contributed by atoms with Gasteiger partial charge in [-0.3, -0.25) is 9.40 Å². The lowest BCUT2D eigenvalue weighted by atomic mass is 10.1. The Labute approximate surface area is 156 Å². The number of hydrogen-bond acceptors (Lipinski definition) is 3. The van der Waals surface area contributed by atoms with Crippen LogP contribution in [0.15, 0.2) is 45.8 Å². The van der Waals surface area contributed by atoms with Crippen LogP contribution in [-0.2, 0) is 10.0 Å². The van der Waals surface area contributed by atoms with Crippen molar-refractivity contribution >= 4 is 42.4 Å². The van der Waals surface area contributed by atoms with Gasteiger partial charge >= 0.3 is 0 Å². The molecular formula is C18H20BrN3O2S. The van der Waals surface area contributed by atoms with Crippen LogP contribution in [0.1, 0.15) is 31.3 Å². The fourth-order valence-corrected chi connectivity index (χ4v) is 5.02. The largest absolute Gasteiger partial charge is 0.279 e. The quantitative estimate of drug-likeness (QED) is 0.657. The van der Waals surface area contributed by atoms with Crippen LogP contribution >= 0.6 is 15.9 Å². The third-order valence-corrected chi connectivity index (χ3v) is 6.42. The Bertz CT molecular complexity index is 1060. The van der Waals surface area contributed by atoms with E-state index in [-0.39, 0.29) is 10.9 Å². The highest BCUT2D eigenvalue weighted by atomic mass is 79.9. The summed E-state index contributed by atoms with van der Waals surface area (Å²) < 4.78 is 31.2. The van der Waals surface area contributed by atoms with Gasteiger partial charge in [0.2, 0.25) is 0 Å². The third-order valence-electron chi connectivity index (χ3n) is 4.10. The van der Waals surface area contributed by atoms with E-state index >= 15 is 0 Å². The zero-order valence-electron chi connectivity index (χ0n) is 14.5. The predicted octanol–water partition coefficient (Wildman–Crippen LogP) is 4.80.